The molecule has 0 amide bonds. The number of carbonyl (C=O) groups is 1. The summed E-state index contributed by atoms with van der Waals surface area (Å²) in [5.41, 5.74) is 2.17. The molecule has 1 aliphatic rings. The Hall–Kier alpha value is -3.96. The van der Waals surface area contributed by atoms with Gasteiger partial charge in [0.1, 0.15) is 19.1 Å². The molecule has 0 N–H and O–H groups in total. The SMILES string of the molecule is COC(=O)C(C)(C)COc1ccc(-c2ccc3c(c2)S(C)(C)CCOCn2nc-3nc2Oc2cccnc2)cn1. The van der Waals surface area contributed by atoms with Gasteiger partial charge in [0.05, 0.1) is 25.3 Å². The maximum absolute atomic E-state index is 11.9. The molecule has 0 aliphatic carbocycles. The van der Waals surface area contributed by atoms with E-state index in [4.69, 9.17) is 29.0 Å². The number of aromatic nitrogens is 5. The summed E-state index contributed by atoms with van der Waals surface area (Å²) in [5.74, 6) is 2.17. The van der Waals surface area contributed by atoms with Gasteiger partial charge >= 0.3 is 12.0 Å². The van der Waals surface area contributed by atoms with Crippen molar-refractivity contribution < 1.29 is 23.7 Å². The summed E-state index contributed by atoms with van der Waals surface area (Å²) in [6, 6.07) is 14.1. The van der Waals surface area contributed by atoms with E-state index in [-0.39, 0.29) is 19.3 Å². The van der Waals surface area contributed by atoms with E-state index in [1.807, 2.05) is 18.2 Å². The van der Waals surface area contributed by atoms with Crippen molar-refractivity contribution in [3.05, 3.63) is 61.1 Å². The lowest BCUT2D eigenvalue weighted by Crippen LogP contribution is -2.32. The van der Waals surface area contributed by atoms with Crippen LogP contribution in [0.3, 0.4) is 0 Å². The van der Waals surface area contributed by atoms with Crippen LogP contribution in [0.4, 0.5) is 0 Å². The number of pyridine rings is 2. The highest BCUT2D eigenvalue weighted by Gasteiger charge is 2.30. The van der Waals surface area contributed by atoms with Crippen LogP contribution in [-0.2, 0) is 21.0 Å². The molecular weight excluding hydrogens is 530 g/mol. The van der Waals surface area contributed by atoms with E-state index in [1.54, 1.807) is 43.2 Å². The number of hydrogen-bond acceptors (Lipinski definition) is 9. The first-order valence-electron chi connectivity index (χ1n) is 12.8. The highest BCUT2D eigenvalue weighted by Crippen LogP contribution is 2.53. The number of esters is 1. The molecule has 2 bridgehead atoms. The normalized spacial score (nSPS) is 15.4. The predicted molar refractivity (Wildman–Crippen MR) is 153 cm³/mol. The number of benzene rings is 1. The minimum Gasteiger partial charge on any atom is -0.476 e. The van der Waals surface area contributed by atoms with E-state index < -0.39 is 15.4 Å². The largest absolute Gasteiger partial charge is 0.476 e. The lowest BCUT2D eigenvalue weighted by molar-refractivity contribution is -0.152. The van der Waals surface area contributed by atoms with Crippen LogP contribution in [-0.4, -0.2) is 69.3 Å². The first kappa shape index (κ1) is 27.6. The second-order valence-electron chi connectivity index (χ2n) is 10.5. The van der Waals surface area contributed by atoms with Crippen molar-refractivity contribution in [2.24, 2.45) is 5.41 Å². The molecule has 0 radical (unpaired) electrons. The average Bonchev–Trinajstić information content (AvgIpc) is 3.35. The van der Waals surface area contributed by atoms with Gasteiger partial charge in [-0.15, -0.1) is 5.10 Å². The van der Waals surface area contributed by atoms with Crippen LogP contribution < -0.4 is 9.47 Å². The maximum atomic E-state index is 11.9. The van der Waals surface area contributed by atoms with Crippen molar-refractivity contribution in [1.29, 1.82) is 0 Å². The van der Waals surface area contributed by atoms with E-state index in [0.717, 1.165) is 22.4 Å². The fourth-order valence-electron chi connectivity index (χ4n) is 4.21. The molecule has 11 heteroatoms. The molecule has 4 heterocycles. The molecule has 5 rings (SSSR count). The molecule has 1 aromatic carbocycles. The van der Waals surface area contributed by atoms with Crippen LogP contribution in [0, 0.1) is 5.41 Å². The molecule has 0 saturated carbocycles. The van der Waals surface area contributed by atoms with Gasteiger partial charge in [-0.05, 0) is 62.3 Å². The summed E-state index contributed by atoms with van der Waals surface area (Å²) >= 11 is 0. The van der Waals surface area contributed by atoms with Gasteiger partial charge in [0.2, 0.25) is 5.88 Å². The molecule has 0 saturated heterocycles. The Labute approximate surface area is 235 Å². The minimum atomic E-state index is -1.25. The second kappa shape index (κ2) is 11.3. The van der Waals surface area contributed by atoms with Crippen LogP contribution in [0.15, 0.2) is 66.0 Å². The van der Waals surface area contributed by atoms with Gasteiger partial charge in [0.25, 0.3) is 0 Å². The van der Waals surface area contributed by atoms with Gasteiger partial charge in [-0.25, -0.2) is 15.0 Å². The van der Waals surface area contributed by atoms with Gasteiger partial charge in [-0.2, -0.15) is 9.67 Å². The zero-order valence-electron chi connectivity index (χ0n) is 23.3. The molecule has 0 unspecified atom stereocenters. The molecule has 0 fully saturated rings. The Bertz CT molecular complexity index is 1490. The van der Waals surface area contributed by atoms with Gasteiger partial charge < -0.3 is 18.9 Å². The number of carbonyl (C=O) groups excluding carboxylic acids is 1. The Morgan fingerprint density at radius 1 is 1.12 bits per heavy atom. The summed E-state index contributed by atoms with van der Waals surface area (Å²) in [6.07, 6.45) is 9.66. The smallest absolute Gasteiger partial charge is 0.323 e. The zero-order valence-corrected chi connectivity index (χ0v) is 24.1. The van der Waals surface area contributed by atoms with Gasteiger partial charge in [0, 0.05) is 40.2 Å². The van der Waals surface area contributed by atoms with E-state index in [1.165, 1.54) is 12.0 Å². The highest BCUT2D eigenvalue weighted by atomic mass is 32.3. The van der Waals surface area contributed by atoms with Gasteiger partial charge in [0.15, 0.2) is 5.82 Å². The maximum Gasteiger partial charge on any atom is 0.323 e. The van der Waals surface area contributed by atoms with Crippen LogP contribution in [0.5, 0.6) is 17.6 Å². The number of rotatable bonds is 7. The van der Waals surface area contributed by atoms with Crippen molar-refractivity contribution in [2.45, 2.75) is 25.5 Å². The fraction of sp³-hybridized carbons (Fsp3) is 0.345. The van der Waals surface area contributed by atoms with Crippen LogP contribution in [0.2, 0.25) is 0 Å². The predicted octanol–water partition coefficient (Wildman–Crippen LogP) is 5.18. The van der Waals surface area contributed by atoms with E-state index in [0.29, 0.717) is 30.1 Å². The first-order chi connectivity index (χ1) is 19.2. The lowest BCUT2D eigenvalue weighted by atomic mass is 9.95. The second-order valence-corrected chi connectivity index (χ2v) is 14.5. The quantitative estimate of drug-likeness (QED) is 0.281. The topological polar surface area (TPSA) is 110 Å². The number of hydrogen-bond donors (Lipinski definition) is 0. The Balaban J connectivity index is 1.44. The Morgan fingerprint density at radius 2 is 1.95 bits per heavy atom. The summed E-state index contributed by atoms with van der Waals surface area (Å²) in [6.45, 7) is 4.55. The third-order valence-corrected chi connectivity index (χ3v) is 9.35. The van der Waals surface area contributed by atoms with Gasteiger partial charge in [-0.1, -0.05) is 6.07 Å². The molecular formula is C29H33N5O5S. The first-order valence-corrected chi connectivity index (χ1v) is 15.4. The van der Waals surface area contributed by atoms with Crippen LogP contribution >= 0.6 is 10.0 Å². The molecule has 0 spiro atoms. The molecule has 10 nitrogen and oxygen atoms in total. The van der Waals surface area contributed by atoms with Gasteiger partial charge in [-0.3, -0.25) is 9.78 Å². The van der Waals surface area contributed by atoms with Crippen molar-refractivity contribution in [2.75, 3.05) is 38.6 Å². The Morgan fingerprint density at radius 3 is 2.67 bits per heavy atom. The summed E-state index contributed by atoms with van der Waals surface area (Å²) in [5, 5.41) is 4.73. The highest BCUT2D eigenvalue weighted by molar-refractivity contribution is 8.32. The molecule has 3 aromatic heterocycles. The summed E-state index contributed by atoms with van der Waals surface area (Å²) in [4.78, 5) is 26.5. The zero-order chi connectivity index (χ0) is 28.3. The molecule has 40 heavy (non-hydrogen) atoms. The molecule has 4 aromatic rings. The fourth-order valence-corrected chi connectivity index (χ4v) is 6.17. The van der Waals surface area contributed by atoms with E-state index >= 15 is 0 Å². The average molecular weight is 564 g/mol. The third kappa shape index (κ3) is 5.95. The summed E-state index contributed by atoms with van der Waals surface area (Å²) < 4.78 is 24.2. The molecule has 210 valence electrons. The Kier molecular flexibility index (Phi) is 7.77. The molecule has 0 atom stereocenters. The summed E-state index contributed by atoms with van der Waals surface area (Å²) in [7, 11) is 0.121. The number of nitrogens with zero attached hydrogens (tertiary/aromatic N) is 5. The third-order valence-electron chi connectivity index (χ3n) is 6.64. The van der Waals surface area contributed by atoms with Crippen molar-refractivity contribution >= 4 is 16.0 Å². The van der Waals surface area contributed by atoms with Crippen LogP contribution in [0.25, 0.3) is 22.5 Å². The number of ether oxygens (including phenoxy) is 4. The number of methoxy groups -OCH3 is 1. The van der Waals surface area contributed by atoms with Crippen molar-refractivity contribution in [3.63, 3.8) is 0 Å². The lowest BCUT2D eigenvalue weighted by Gasteiger charge is -2.34. The minimum absolute atomic E-state index is 0.163. The van der Waals surface area contributed by atoms with E-state index in [9.17, 15) is 4.79 Å². The van der Waals surface area contributed by atoms with Crippen molar-refractivity contribution in [3.8, 4) is 40.2 Å². The standard InChI is InChI=1S/C29H33N5O5S/c1-29(2,27(35)36-3)18-38-25-11-9-21(16-31-25)20-8-10-23-24(15-20)40(4,5)14-13-37-19-34-28(32-26(23)33-34)39-22-7-6-12-30-17-22/h6-12,15-17H,13-14,18-19H2,1-5H3. The molecule has 1 aliphatic heterocycles. The van der Waals surface area contributed by atoms with Crippen LogP contribution in [0.1, 0.15) is 13.8 Å². The van der Waals surface area contributed by atoms with E-state index in [2.05, 4.69) is 40.7 Å². The monoisotopic (exact) mass is 563 g/mol. The number of fused-ring (bicyclic) bond motifs is 4. The van der Waals surface area contributed by atoms with Crippen molar-refractivity contribution in [1.82, 2.24) is 24.7 Å².